The average Bonchev–Trinajstić information content (AvgIpc) is 3.18. The van der Waals surface area contributed by atoms with Gasteiger partial charge < -0.3 is 22.6 Å². The van der Waals surface area contributed by atoms with E-state index in [1.54, 1.807) is 0 Å². The average molecular weight is 474 g/mol. The number of aliphatic hydroxyl groups is 1. The van der Waals surface area contributed by atoms with Crippen LogP contribution < -0.4 is 10.1 Å². The van der Waals surface area contributed by atoms with Crippen molar-refractivity contribution in [3.63, 3.8) is 0 Å². The van der Waals surface area contributed by atoms with E-state index in [1.165, 1.54) is 12.0 Å². The van der Waals surface area contributed by atoms with Gasteiger partial charge in [-0.25, -0.2) is 0 Å². The Kier molecular flexibility index (Phi) is 17.6. The van der Waals surface area contributed by atoms with Crippen LogP contribution in [0.25, 0.3) is 0 Å². The number of para-hydroxylation sites is 1. The van der Waals surface area contributed by atoms with E-state index in [0.717, 1.165) is 30.7 Å². The molecule has 0 unspecified atom stereocenters. The summed E-state index contributed by atoms with van der Waals surface area (Å²) in [5.74, 6) is 1.82. The van der Waals surface area contributed by atoms with Gasteiger partial charge in [-0.05, 0) is 67.3 Å². The molecule has 0 saturated heterocycles. The summed E-state index contributed by atoms with van der Waals surface area (Å²) < 4.78 is 5.70. The maximum atomic E-state index is 10.4. The normalized spacial score (nSPS) is 17.9. The van der Waals surface area contributed by atoms with Gasteiger partial charge in [0.15, 0.2) is 0 Å². The summed E-state index contributed by atoms with van der Waals surface area (Å²) in [6.45, 7) is 4.38. The van der Waals surface area contributed by atoms with Crippen molar-refractivity contribution < 1.29 is 42.6 Å². The van der Waals surface area contributed by atoms with Crippen molar-refractivity contribution in [3.05, 3.63) is 74.6 Å². The smallest absolute Gasteiger partial charge is 0.119 e. The molecule has 0 heterocycles. The van der Waals surface area contributed by atoms with Gasteiger partial charge in [0.1, 0.15) is 12.4 Å². The predicted molar refractivity (Wildman–Crippen MR) is 122 cm³/mol. The van der Waals surface area contributed by atoms with E-state index >= 15 is 0 Å². The Labute approximate surface area is 204 Å². The largest absolute Gasteiger partial charge is 0.538 e. The van der Waals surface area contributed by atoms with E-state index < -0.39 is 0 Å². The number of aliphatic hydroxyl groups excluding tert-OH is 1. The fourth-order valence-corrected chi connectivity index (χ4v) is 3.57. The summed E-state index contributed by atoms with van der Waals surface area (Å²) in [5, 5.41) is 13.3. The molecule has 0 spiro atoms. The summed E-state index contributed by atoms with van der Waals surface area (Å²) in [7, 11) is 3.67. The Morgan fingerprint density at radius 2 is 1.69 bits per heavy atom. The molecule has 1 aliphatic rings. The number of rotatable bonds is 7. The second kappa shape index (κ2) is 16.9. The quantitative estimate of drug-likeness (QED) is 0.457. The SMILES string of the molecule is C.CC.[CH2-]Nc1ccc(C[C@@H]2CC[C@H]([C@H](O)COc3ccccc3)C2)cc1.[CH3-].[Y]. The standard InChI is InChI=1S/C21H26NO2.C2H6.CH4.CH3.Y/c1-22-19-11-8-16(9-12-19)13-17-7-10-18(14-17)21(23)15-24-20-5-3-2-4-6-20;1-2;;;/h2-6,8-9,11-12,17-18,21-23H,1,7,10,13-15H2;1-2H3;1H4;1H3;/q-1;;;-1;/t17-,18-,21+;;;;/m0..../s1. The van der Waals surface area contributed by atoms with Crippen molar-refractivity contribution >= 4 is 5.69 Å². The van der Waals surface area contributed by atoms with Gasteiger partial charge in [0.05, 0.1) is 6.10 Å². The molecule has 29 heavy (non-hydrogen) atoms. The van der Waals surface area contributed by atoms with Crippen molar-refractivity contribution in [2.75, 3.05) is 11.9 Å². The number of nitrogens with one attached hydrogen (secondary N) is 1. The summed E-state index contributed by atoms with van der Waals surface area (Å²) in [4.78, 5) is 0. The summed E-state index contributed by atoms with van der Waals surface area (Å²) >= 11 is 0. The van der Waals surface area contributed by atoms with Gasteiger partial charge in [0, 0.05) is 38.4 Å². The van der Waals surface area contributed by atoms with Crippen LogP contribution in [0, 0.1) is 26.3 Å². The number of anilines is 1. The van der Waals surface area contributed by atoms with E-state index in [-0.39, 0.29) is 53.7 Å². The zero-order valence-corrected chi connectivity index (χ0v) is 20.4. The Morgan fingerprint density at radius 1 is 1.07 bits per heavy atom. The van der Waals surface area contributed by atoms with Crippen LogP contribution in [0.15, 0.2) is 54.6 Å². The molecule has 1 fully saturated rings. The van der Waals surface area contributed by atoms with Crippen LogP contribution in [0.1, 0.15) is 46.1 Å². The zero-order valence-electron chi connectivity index (χ0n) is 17.6. The van der Waals surface area contributed by atoms with Gasteiger partial charge >= 0.3 is 0 Å². The third-order valence-electron chi connectivity index (χ3n) is 4.97. The molecule has 3 nitrogen and oxygen atoms in total. The minimum absolute atomic E-state index is 0. The maximum absolute atomic E-state index is 10.4. The van der Waals surface area contributed by atoms with Crippen LogP contribution in [-0.4, -0.2) is 17.8 Å². The molecule has 0 bridgehead atoms. The first-order valence-electron chi connectivity index (χ1n) is 9.72. The molecule has 2 N–H and O–H groups in total. The molecule has 161 valence electrons. The second-order valence-electron chi connectivity index (χ2n) is 6.71. The van der Waals surface area contributed by atoms with Crippen LogP contribution >= 0.6 is 0 Å². The molecule has 3 atom stereocenters. The fourth-order valence-electron chi connectivity index (χ4n) is 3.57. The van der Waals surface area contributed by atoms with Crippen molar-refractivity contribution in [3.8, 4) is 5.75 Å². The monoisotopic (exact) mass is 474 g/mol. The number of ether oxygens (including phenoxy) is 1. The van der Waals surface area contributed by atoms with E-state index in [4.69, 9.17) is 4.74 Å². The van der Waals surface area contributed by atoms with E-state index in [0.29, 0.717) is 18.4 Å². The third kappa shape index (κ3) is 10.1. The first-order chi connectivity index (χ1) is 12.7. The van der Waals surface area contributed by atoms with Crippen molar-refractivity contribution in [1.82, 2.24) is 0 Å². The molecule has 4 heteroatoms. The van der Waals surface area contributed by atoms with Crippen molar-refractivity contribution in [2.24, 2.45) is 11.8 Å². The summed E-state index contributed by atoms with van der Waals surface area (Å²) in [6.07, 6.45) is 4.05. The molecular weight excluding hydrogens is 435 g/mol. The van der Waals surface area contributed by atoms with E-state index in [1.807, 2.05) is 44.2 Å². The number of benzene rings is 2. The maximum Gasteiger partial charge on any atom is 0.119 e. The molecule has 1 radical (unpaired) electrons. The molecule has 0 aliphatic heterocycles. The molecule has 1 aliphatic carbocycles. The van der Waals surface area contributed by atoms with Crippen molar-refractivity contribution in [1.29, 1.82) is 0 Å². The minimum Gasteiger partial charge on any atom is -0.538 e. The first kappa shape index (κ1) is 30.3. The Balaban J connectivity index is 0. The van der Waals surface area contributed by atoms with Gasteiger partial charge in [0.25, 0.3) is 0 Å². The summed E-state index contributed by atoms with van der Waals surface area (Å²) in [6, 6.07) is 18.2. The molecule has 1 saturated carbocycles. The van der Waals surface area contributed by atoms with E-state index in [2.05, 4.69) is 36.6 Å². The van der Waals surface area contributed by atoms with Crippen LogP contribution in [-0.2, 0) is 39.1 Å². The third-order valence-corrected chi connectivity index (χ3v) is 4.97. The predicted octanol–water partition coefficient (Wildman–Crippen LogP) is 6.40. The summed E-state index contributed by atoms with van der Waals surface area (Å²) in [5.41, 5.74) is 2.39. The van der Waals surface area contributed by atoms with Crippen LogP contribution in [0.5, 0.6) is 5.75 Å². The first-order valence-corrected chi connectivity index (χ1v) is 9.72. The molecule has 3 rings (SSSR count). The molecule has 0 aromatic heterocycles. The van der Waals surface area contributed by atoms with Crippen LogP contribution in [0.3, 0.4) is 0 Å². The number of hydrogen-bond acceptors (Lipinski definition) is 3. The number of hydrogen-bond donors (Lipinski definition) is 2. The van der Waals surface area contributed by atoms with E-state index in [9.17, 15) is 5.11 Å². The fraction of sp³-hybridized carbons (Fsp3) is 0.440. The Hall–Kier alpha value is -0.896. The van der Waals surface area contributed by atoms with Gasteiger partial charge in [-0.3, -0.25) is 7.05 Å². The molecule has 0 amide bonds. The van der Waals surface area contributed by atoms with Gasteiger partial charge in [-0.1, -0.05) is 51.6 Å². The minimum atomic E-state index is -0.382. The Morgan fingerprint density at radius 3 is 2.28 bits per heavy atom. The zero-order chi connectivity index (χ0) is 18.8. The van der Waals surface area contributed by atoms with Gasteiger partial charge in [-0.15, -0.1) is 0 Å². The van der Waals surface area contributed by atoms with Gasteiger partial charge in [0.2, 0.25) is 0 Å². The van der Waals surface area contributed by atoms with Crippen molar-refractivity contribution in [2.45, 2.75) is 53.1 Å². The molecular formula is C25H39NO2Y-2. The molecule has 2 aromatic carbocycles. The Bertz CT molecular complexity index is 618. The molecule has 2 aromatic rings. The van der Waals surface area contributed by atoms with Gasteiger partial charge in [-0.2, -0.15) is 0 Å². The van der Waals surface area contributed by atoms with Crippen LogP contribution in [0.2, 0.25) is 0 Å². The topological polar surface area (TPSA) is 41.5 Å². The van der Waals surface area contributed by atoms with Crippen LogP contribution in [0.4, 0.5) is 5.69 Å². The second-order valence-corrected chi connectivity index (χ2v) is 6.71.